The van der Waals surface area contributed by atoms with Crippen molar-refractivity contribution in [2.75, 3.05) is 6.54 Å². The summed E-state index contributed by atoms with van der Waals surface area (Å²) >= 11 is 0. The van der Waals surface area contributed by atoms with Crippen molar-refractivity contribution in [2.24, 2.45) is 0 Å². The molecule has 166 valence electrons. The Morgan fingerprint density at radius 1 is 1.13 bits per heavy atom. The standard InChI is InChI=1S/C22H29F3N2O3/c1-20(2,3)30-19(29)26-13-10-16(14-17(26)15-8-6-5-7-9-15)27(21(4)11-12-21)18(28)22(23,24)25/h5-9,16-17H,10-14H2,1-4H3/t16-,17+/m1/s1. The summed E-state index contributed by atoms with van der Waals surface area (Å²) in [6, 6.07) is 8.12. The Balaban J connectivity index is 1.90. The van der Waals surface area contributed by atoms with Gasteiger partial charge in [0, 0.05) is 18.1 Å². The topological polar surface area (TPSA) is 49.9 Å². The Labute approximate surface area is 175 Å². The van der Waals surface area contributed by atoms with E-state index in [4.69, 9.17) is 4.74 Å². The fourth-order valence-corrected chi connectivity index (χ4v) is 4.12. The van der Waals surface area contributed by atoms with Crippen LogP contribution in [-0.2, 0) is 9.53 Å². The molecule has 0 bridgehead atoms. The molecule has 1 saturated carbocycles. The molecule has 1 aromatic rings. The van der Waals surface area contributed by atoms with Crippen LogP contribution in [0.1, 0.15) is 65.0 Å². The maximum Gasteiger partial charge on any atom is 0.471 e. The molecule has 1 saturated heterocycles. The third kappa shape index (κ3) is 4.90. The number of carbonyl (C=O) groups is 2. The fraction of sp³-hybridized carbons (Fsp3) is 0.636. The molecule has 2 fully saturated rings. The average molecular weight is 426 g/mol. The van der Waals surface area contributed by atoms with E-state index in [1.165, 1.54) is 0 Å². The van der Waals surface area contributed by atoms with Gasteiger partial charge in [-0.2, -0.15) is 13.2 Å². The smallest absolute Gasteiger partial charge is 0.444 e. The molecule has 0 unspecified atom stereocenters. The van der Waals surface area contributed by atoms with E-state index >= 15 is 0 Å². The van der Waals surface area contributed by atoms with Crippen molar-refractivity contribution >= 4 is 12.0 Å². The van der Waals surface area contributed by atoms with Crippen molar-refractivity contribution in [3.8, 4) is 0 Å². The predicted molar refractivity (Wildman–Crippen MR) is 106 cm³/mol. The second kappa shape index (κ2) is 7.78. The van der Waals surface area contributed by atoms with Crippen LogP contribution in [0.15, 0.2) is 30.3 Å². The van der Waals surface area contributed by atoms with E-state index < -0.39 is 41.4 Å². The van der Waals surface area contributed by atoms with E-state index in [0.29, 0.717) is 12.8 Å². The Bertz CT molecular complexity index is 785. The first-order valence-corrected chi connectivity index (χ1v) is 10.3. The minimum Gasteiger partial charge on any atom is -0.444 e. The first-order valence-electron chi connectivity index (χ1n) is 10.3. The number of piperidine rings is 1. The van der Waals surface area contributed by atoms with Gasteiger partial charge in [-0.3, -0.25) is 4.79 Å². The van der Waals surface area contributed by atoms with Crippen LogP contribution in [-0.4, -0.2) is 51.7 Å². The summed E-state index contributed by atoms with van der Waals surface area (Å²) in [4.78, 5) is 27.7. The normalized spacial score (nSPS) is 23.6. The first-order chi connectivity index (χ1) is 13.8. The molecular weight excluding hydrogens is 397 g/mol. The van der Waals surface area contributed by atoms with Crippen LogP contribution in [0.2, 0.25) is 0 Å². The molecule has 1 aromatic carbocycles. The maximum atomic E-state index is 13.3. The molecule has 0 radical (unpaired) electrons. The number of hydrogen-bond acceptors (Lipinski definition) is 3. The molecule has 5 nitrogen and oxygen atoms in total. The van der Waals surface area contributed by atoms with E-state index in [2.05, 4.69) is 0 Å². The molecule has 2 amide bonds. The maximum absolute atomic E-state index is 13.3. The fourth-order valence-electron chi connectivity index (χ4n) is 4.12. The van der Waals surface area contributed by atoms with Gasteiger partial charge in [0.15, 0.2) is 0 Å². The number of rotatable bonds is 3. The summed E-state index contributed by atoms with van der Waals surface area (Å²) in [5.74, 6) is -1.79. The van der Waals surface area contributed by atoms with E-state index in [0.717, 1.165) is 10.5 Å². The summed E-state index contributed by atoms with van der Waals surface area (Å²) in [6.07, 6.45) is -3.80. The van der Waals surface area contributed by atoms with Crippen molar-refractivity contribution in [1.82, 2.24) is 9.80 Å². The monoisotopic (exact) mass is 426 g/mol. The zero-order valence-electron chi connectivity index (χ0n) is 17.8. The molecule has 30 heavy (non-hydrogen) atoms. The summed E-state index contributed by atoms with van der Waals surface area (Å²) in [6.45, 7) is 7.23. The SMILES string of the molecule is CC(C)(C)OC(=O)N1CC[C@@H](N(C(=O)C(F)(F)F)C2(C)CC2)C[C@H]1c1ccccc1. The van der Waals surface area contributed by atoms with Crippen molar-refractivity contribution < 1.29 is 27.5 Å². The molecule has 3 rings (SSSR count). The summed E-state index contributed by atoms with van der Waals surface area (Å²) < 4.78 is 45.6. The minimum atomic E-state index is -4.92. The summed E-state index contributed by atoms with van der Waals surface area (Å²) in [5, 5.41) is 0. The zero-order chi connectivity index (χ0) is 22.3. The number of nitrogens with zero attached hydrogens (tertiary/aromatic N) is 2. The van der Waals surface area contributed by atoms with Crippen LogP contribution in [0.3, 0.4) is 0 Å². The number of amides is 2. The first kappa shape index (κ1) is 22.4. The molecular formula is C22H29F3N2O3. The highest BCUT2D eigenvalue weighted by Crippen LogP contribution is 2.47. The van der Waals surface area contributed by atoms with Crippen molar-refractivity contribution in [1.29, 1.82) is 0 Å². The third-order valence-corrected chi connectivity index (χ3v) is 5.77. The lowest BCUT2D eigenvalue weighted by Gasteiger charge is -2.46. The van der Waals surface area contributed by atoms with Gasteiger partial charge in [-0.1, -0.05) is 30.3 Å². The molecule has 1 aliphatic carbocycles. The summed E-state index contributed by atoms with van der Waals surface area (Å²) in [7, 11) is 0. The number of likely N-dealkylation sites (tertiary alicyclic amines) is 1. The van der Waals surface area contributed by atoms with Crippen molar-refractivity contribution in [2.45, 2.75) is 82.8 Å². The van der Waals surface area contributed by atoms with Gasteiger partial charge >= 0.3 is 18.2 Å². The van der Waals surface area contributed by atoms with Gasteiger partial charge in [0.1, 0.15) is 5.60 Å². The van der Waals surface area contributed by atoms with Gasteiger partial charge in [-0.25, -0.2) is 4.79 Å². The van der Waals surface area contributed by atoms with E-state index in [-0.39, 0.29) is 19.4 Å². The zero-order valence-corrected chi connectivity index (χ0v) is 17.8. The predicted octanol–water partition coefficient (Wildman–Crippen LogP) is 5.07. The van der Waals surface area contributed by atoms with E-state index in [9.17, 15) is 22.8 Å². The molecule has 1 aliphatic heterocycles. The Morgan fingerprint density at radius 2 is 1.73 bits per heavy atom. The van der Waals surface area contributed by atoms with Crippen molar-refractivity contribution in [3.63, 3.8) is 0 Å². The lowest BCUT2D eigenvalue weighted by Crippen LogP contribution is -2.57. The average Bonchev–Trinajstić information content (AvgIpc) is 3.38. The van der Waals surface area contributed by atoms with Crippen LogP contribution in [0.5, 0.6) is 0 Å². The molecule has 8 heteroatoms. The highest BCUT2D eigenvalue weighted by Gasteiger charge is 2.56. The lowest BCUT2D eigenvalue weighted by molar-refractivity contribution is -0.192. The van der Waals surface area contributed by atoms with Crippen LogP contribution < -0.4 is 0 Å². The number of halogens is 3. The molecule has 2 atom stereocenters. The Kier molecular flexibility index (Phi) is 5.82. The quantitative estimate of drug-likeness (QED) is 0.678. The van der Waals surface area contributed by atoms with Crippen LogP contribution >= 0.6 is 0 Å². The third-order valence-electron chi connectivity index (χ3n) is 5.77. The van der Waals surface area contributed by atoms with Crippen LogP contribution in [0.25, 0.3) is 0 Å². The minimum absolute atomic E-state index is 0.219. The van der Waals surface area contributed by atoms with Crippen LogP contribution in [0.4, 0.5) is 18.0 Å². The lowest BCUT2D eigenvalue weighted by atomic mass is 9.90. The van der Waals surface area contributed by atoms with E-state index in [1.54, 1.807) is 32.6 Å². The second-order valence-corrected chi connectivity index (χ2v) is 9.45. The highest BCUT2D eigenvalue weighted by atomic mass is 19.4. The van der Waals surface area contributed by atoms with Gasteiger partial charge in [-0.15, -0.1) is 0 Å². The van der Waals surface area contributed by atoms with Crippen LogP contribution in [0, 0.1) is 0 Å². The van der Waals surface area contributed by atoms with Gasteiger partial charge in [-0.05, 0) is 58.9 Å². The van der Waals surface area contributed by atoms with Gasteiger partial charge in [0.25, 0.3) is 0 Å². The largest absolute Gasteiger partial charge is 0.471 e. The van der Waals surface area contributed by atoms with Gasteiger partial charge < -0.3 is 14.5 Å². The van der Waals surface area contributed by atoms with E-state index in [1.807, 2.05) is 30.3 Å². The number of hydrogen-bond donors (Lipinski definition) is 0. The molecule has 0 aromatic heterocycles. The number of alkyl halides is 3. The van der Waals surface area contributed by atoms with Gasteiger partial charge in [0.2, 0.25) is 0 Å². The number of benzene rings is 1. The van der Waals surface area contributed by atoms with Gasteiger partial charge in [0.05, 0.1) is 6.04 Å². The highest BCUT2D eigenvalue weighted by molar-refractivity contribution is 5.83. The molecule has 0 N–H and O–H groups in total. The molecule has 2 aliphatic rings. The van der Waals surface area contributed by atoms with Crippen molar-refractivity contribution in [3.05, 3.63) is 35.9 Å². The second-order valence-electron chi connectivity index (χ2n) is 9.45. The Morgan fingerprint density at radius 3 is 2.23 bits per heavy atom. The Hall–Kier alpha value is -2.25. The molecule has 0 spiro atoms. The molecule has 1 heterocycles. The number of carbonyl (C=O) groups excluding carboxylic acids is 2. The number of ether oxygens (including phenoxy) is 1. The summed E-state index contributed by atoms with van der Waals surface area (Å²) in [5.41, 5.74) is -0.643.